The molecule has 1 fully saturated rings. The van der Waals surface area contributed by atoms with Crippen molar-refractivity contribution in [3.8, 4) is 6.07 Å². The van der Waals surface area contributed by atoms with Crippen molar-refractivity contribution in [2.24, 2.45) is 16.6 Å². The maximum absolute atomic E-state index is 14.8. The van der Waals surface area contributed by atoms with Gasteiger partial charge in [-0.25, -0.2) is 18.2 Å². The predicted octanol–water partition coefficient (Wildman–Crippen LogP) is 3.39. The third-order valence-corrected chi connectivity index (χ3v) is 6.10. The van der Waals surface area contributed by atoms with Gasteiger partial charge in [0.15, 0.2) is 5.54 Å². The standard InChI is InChI=1S/C21H18F3N5O/c22-15-3-2-12(28-16-4-1-11-5-10(8-25)9-27-18(11)16)6-13(15)21(19(23)24)14-7-17(14)30-20(26)29-21/h2-3,5-6,9,14,16-17,19,28H,1,4,7H2,(H2,26,29). The fraction of sp³-hybridized carbons (Fsp3) is 0.381. The fourth-order valence-electron chi connectivity index (χ4n) is 4.60. The van der Waals surface area contributed by atoms with Gasteiger partial charge < -0.3 is 15.8 Å². The third kappa shape index (κ3) is 2.78. The Morgan fingerprint density at radius 3 is 2.93 bits per heavy atom. The molecule has 3 N–H and O–H groups in total. The van der Waals surface area contributed by atoms with E-state index in [2.05, 4.69) is 21.4 Å². The van der Waals surface area contributed by atoms with E-state index >= 15 is 0 Å². The van der Waals surface area contributed by atoms with Gasteiger partial charge in [-0.3, -0.25) is 4.98 Å². The van der Waals surface area contributed by atoms with Gasteiger partial charge in [0.2, 0.25) is 0 Å². The Balaban J connectivity index is 1.50. The zero-order chi connectivity index (χ0) is 21.0. The topological polar surface area (TPSA) is 96.3 Å². The van der Waals surface area contributed by atoms with Crippen LogP contribution in [0.1, 0.15) is 41.3 Å². The predicted molar refractivity (Wildman–Crippen MR) is 102 cm³/mol. The quantitative estimate of drug-likeness (QED) is 0.801. The summed E-state index contributed by atoms with van der Waals surface area (Å²) in [7, 11) is 0. The highest BCUT2D eigenvalue weighted by atomic mass is 19.3. The lowest BCUT2D eigenvalue weighted by Crippen LogP contribution is -2.43. The SMILES string of the molecule is N#Cc1cnc2c(c1)CCC2Nc1ccc(F)c(C2(C(F)F)N=C(N)OC3CC32)c1. The van der Waals surface area contributed by atoms with E-state index in [4.69, 9.17) is 15.7 Å². The number of alkyl halides is 2. The number of nitrogens with two attached hydrogens (primary N) is 1. The molecule has 2 heterocycles. The van der Waals surface area contributed by atoms with Crippen LogP contribution in [0.3, 0.4) is 0 Å². The number of fused-ring (bicyclic) bond motifs is 2. The average Bonchev–Trinajstić information content (AvgIpc) is 3.41. The highest BCUT2D eigenvalue weighted by Crippen LogP contribution is 2.56. The summed E-state index contributed by atoms with van der Waals surface area (Å²) in [4.78, 5) is 8.28. The summed E-state index contributed by atoms with van der Waals surface area (Å²) in [5.74, 6) is -1.37. The lowest BCUT2D eigenvalue weighted by molar-refractivity contribution is 0.0177. The van der Waals surface area contributed by atoms with E-state index in [1.165, 1.54) is 24.4 Å². The van der Waals surface area contributed by atoms with E-state index < -0.39 is 29.8 Å². The van der Waals surface area contributed by atoms with Gasteiger partial charge in [-0.15, -0.1) is 0 Å². The van der Waals surface area contributed by atoms with Gasteiger partial charge in [0.05, 0.1) is 17.3 Å². The number of benzene rings is 1. The van der Waals surface area contributed by atoms with Gasteiger partial charge >= 0.3 is 0 Å². The van der Waals surface area contributed by atoms with Crippen molar-refractivity contribution in [1.82, 2.24) is 4.98 Å². The minimum absolute atomic E-state index is 0.162. The molecule has 1 saturated carbocycles. The first-order chi connectivity index (χ1) is 14.4. The molecular formula is C21H18F3N5O. The van der Waals surface area contributed by atoms with E-state index in [0.717, 1.165) is 24.1 Å². The van der Waals surface area contributed by atoms with Crippen LogP contribution in [0.5, 0.6) is 0 Å². The molecule has 3 aliphatic rings. The van der Waals surface area contributed by atoms with Crippen molar-refractivity contribution in [3.05, 3.63) is 58.7 Å². The maximum Gasteiger partial charge on any atom is 0.283 e. The van der Waals surface area contributed by atoms with Crippen LogP contribution in [0.25, 0.3) is 0 Å². The summed E-state index contributed by atoms with van der Waals surface area (Å²) in [6.07, 6.45) is -0.0639. The number of aliphatic imine (C=N–C) groups is 1. The number of anilines is 1. The Hall–Kier alpha value is -3.28. The van der Waals surface area contributed by atoms with Crippen molar-refractivity contribution < 1.29 is 17.9 Å². The smallest absolute Gasteiger partial charge is 0.283 e. The minimum Gasteiger partial charge on any atom is -0.462 e. The first-order valence-electron chi connectivity index (χ1n) is 9.68. The molecule has 0 radical (unpaired) electrons. The second kappa shape index (κ2) is 6.62. The molecule has 2 aliphatic carbocycles. The lowest BCUT2D eigenvalue weighted by atomic mass is 9.84. The van der Waals surface area contributed by atoms with Crippen LogP contribution < -0.4 is 11.1 Å². The van der Waals surface area contributed by atoms with Gasteiger partial charge in [-0.1, -0.05) is 0 Å². The number of nitrogens with one attached hydrogen (secondary N) is 1. The van der Waals surface area contributed by atoms with Crippen molar-refractivity contribution in [2.75, 3.05) is 5.32 Å². The number of aromatic nitrogens is 1. The number of pyridine rings is 1. The molecule has 1 aromatic heterocycles. The first-order valence-corrected chi connectivity index (χ1v) is 9.68. The van der Waals surface area contributed by atoms with Crippen LogP contribution in [0, 0.1) is 23.1 Å². The number of halogens is 3. The van der Waals surface area contributed by atoms with Gasteiger partial charge in [0.25, 0.3) is 12.4 Å². The van der Waals surface area contributed by atoms with Crippen molar-refractivity contribution in [1.29, 1.82) is 5.26 Å². The molecule has 4 unspecified atom stereocenters. The number of rotatable bonds is 4. The molecule has 0 spiro atoms. The monoisotopic (exact) mass is 413 g/mol. The van der Waals surface area contributed by atoms with Gasteiger partial charge in [0.1, 0.15) is 18.0 Å². The number of ether oxygens (including phenoxy) is 1. The van der Waals surface area contributed by atoms with E-state index in [1.807, 2.05) is 0 Å². The largest absolute Gasteiger partial charge is 0.462 e. The molecule has 30 heavy (non-hydrogen) atoms. The highest BCUT2D eigenvalue weighted by Gasteiger charge is 2.64. The van der Waals surface area contributed by atoms with Gasteiger partial charge in [-0.05, 0) is 49.1 Å². The van der Waals surface area contributed by atoms with Crippen LogP contribution in [0.4, 0.5) is 18.9 Å². The number of nitriles is 1. The molecular weight excluding hydrogens is 395 g/mol. The van der Waals surface area contributed by atoms with Crippen LogP contribution in [-0.2, 0) is 16.7 Å². The molecule has 1 aliphatic heterocycles. The number of hydrogen-bond donors (Lipinski definition) is 2. The second-order valence-corrected chi connectivity index (χ2v) is 7.88. The summed E-state index contributed by atoms with van der Waals surface area (Å²) < 4.78 is 48.5. The molecule has 4 atom stereocenters. The Bertz CT molecular complexity index is 1100. The Morgan fingerprint density at radius 1 is 1.33 bits per heavy atom. The normalized spacial score (nSPS) is 28.8. The lowest BCUT2D eigenvalue weighted by Gasteiger charge is -2.33. The molecule has 1 aromatic carbocycles. The molecule has 5 rings (SSSR count). The van der Waals surface area contributed by atoms with Crippen LogP contribution in [0.2, 0.25) is 0 Å². The summed E-state index contributed by atoms with van der Waals surface area (Å²) in [5.41, 5.74) is 6.15. The van der Waals surface area contributed by atoms with E-state index in [-0.39, 0.29) is 17.6 Å². The number of nitrogens with zero attached hydrogens (tertiary/aromatic N) is 3. The van der Waals surface area contributed by atoms with E-state index in [9.17, 15) is 13.2 Å². The summed E-state index contributed by atoms with van der Waals surface area (Å²) >= 11 is 0. The van der Waals surface area contributed by atoms with Crippen LogP contribution in [0.15, 0.2) is 35.5 Å². The molecule has 9 heteroatoms. The Kier molecular flexibility index (Phi) is 4.13. The zero-order valence-corrected chi connectivity index (χ0v) is 15.8. The molecule has 0 saturated heterocycles. The maximum atomic E-state index is 14.8. The zero-order valence-electron chi connectivity index (χ0n) is 15.8. The average molecular weight is 413 g/mol. The first kappa shape index (κ1) is 18.7. The number of hydrogen-bond acceptors (Lipinski definition) is 6. The summed E-state index contributed by atoms with van der Waals surface area (Å²) in [5, 5.41) is 12.3. The van der Waals surface area contributed by atoms with Crippen molar-refractivity contribution in [2.45, 2.75) is 43.4 Å². The second-order valence-electron chi connectivity index (χ2n) is 7.88. The number of aryl methyl sites for hydroxylation is 1. The van der Waals surface area contributed by atoms with E-state index in [1.54, 1.807) is 6.07 Å². The summed E-state index contributed by atoms with van der Waals surface area (Å²) in [6.45, 7) is 0. The fourth-order valence-corrected chi connectivity index (χ4v) is 4.60. The Labute approximate surface area is 170 Å². The van der Waals surface area contributed by atoms with Crippen molar-refractivity contribution >= 4 is 11.7 Å². The third-order valence-electron chi connectivity index (χ3n) is 6.10. The van der Waals surface area contributed by atoms with Gasteiger partial charge in [0, 0.05) is 23.4 Å². The molecule has 154 valence electrons. The van der Waals surface area contributed by atoms with E-state index in [0.29, 0.717) is 17.7 Å². The molecule has 0 bridgehead atoms. The van der Waals surface area contributed by atoms with Crippen LogP contribution >= 0.6 is 0 Å². The number of amidine groups is 1. The highest BCUT2D eigenvalue weighted by molar-refractivity contribution is 5.74. The van der Waals surface area contributed by atoms with Crippen molar-refractivity contribution in [3.63, 3.8) is 0 Å². The Morgan fingerprint density at radius 2 is 2.17 bits per heavy atom. The minimum atomic E-state index is -2.93. The summed E-state index contributed by atoms with van der Waals surface area (Å²) in [6, 6.07) is 7.44. The van der Waals surface area contributed by atoms with Gasteiger partial charge in [-0.2, -0.15) is 5.26 Å². The molecule has 0 amide bonds. The van der Waals surface area contributed by atoms with Crippen LogP contribution in [-0.4, -0.2) is 23.5 Å². The molecule has 6 nitrogen and oxygen atoms in total. The molecule has 2 aromatic rings.